The van der Waals surface area contributed by atoms with Crippen molar-refractivity contribution in [1.29, 1.82) is 0 Å². The van der Waals surface area contributed by atoms with E-state index in [9.17, 15) is 0 Å². The van der Waals surface area contributed by atoms with Crippen molar-refractivity contribution < 1.29 is 0 Å². The summed E-state index contributed by atoms with van der Waals surface area (Å²) in [5, 5.41) is 4.31. The second kappa shape index (κ2) is 5.07. The number of hydrogen-bond acceptors (Lipinski definition) is 1. The lowest BCUT2D eigenvalue weighted by Gasteiger charge is -2.13. The minimum Gasteiger partial charge on any atom is -0.312 e. The molecule has 1 nitrogen and oxygen atoms in total. The van der Waals surface area contributed by atoms with Gasteiger partial charge in [0, 0.05) is 17.6 Å². The van der Waals surface area contributed by atoms with Gasteiger partial charge in [0.2, 0.25) is 0 Å². The van der Waals surface area contributed by atoms with Crippen LogP contribution in [0, 0.1) is 5.41 Å². The third-order valence-corrected chi connectivity index (χ3v) is 4.73. The first-order valence-corrected chi connectivity index (χ1v) is 6.97. The van der Waals surface area contributed by atoms with E-state index in [0.717, 1.165) is 22.6 Å². The molecule has 0 radical (unpaired) electrons. The van der Waals surface area contributed by atoms with E-state index in [1.165, 1.54) is 24.8 Å². The predicted octanol–water partition coefficient (Wildman–Crippen LogP) is 4.38. The molecule has 1 saturated carbocycles. The third kappa shape index (κ3) is 2.99. The van der Waals surface area contributed by atoms with E-state index >= 15 is 0 Å². The van der Waals surface area contributed by atoms with Gasteiger partial charge in [0.1, 0.15) is 0 Å². The Hall–Kier alpha value is -0.0500. The van der Waals surface area contributed by atoms with Crippen LogP contribution in [0.25, 0.3) is 0 Å². The first-order valence-electron chi connectivity index (χ1n) is 5.80. The molecule has 1 aromatic carbocycles. The van der Waals surface area contributed by atoms with Crippen LogP contribution in [0.4, 0.5) is 0 Å². The standard InChI is InChI=1S/C13H17BrClN/c1-2-13(5-6-13)9-16-8-10-3-4-12(15)11(14)7-10/h3-4,7,16H,2,5-6,8-9H2,1H3. The zero-order chi connectivity index (χ0) is 11.6. The van der Waals surface area contributed by atoms with Gasteiger partial charge in [0.05, 0.1) is 5.02 Å². The second-order valence-electron chi connectivity index (χ2n) is 4.71. The van der Waals surface area contributed by atoms with E-state index in [-0.39, 0.29) is 0 Å². The highest BCUT2D eigenvalue weighted by atomic mass is 79.9. The molecule has 3 heteroatoms. The molecule has 0 amide bonds. The Balaban J connectivity index is 1.83. The van der Waals surface area contributed by atoms with Crippen LogP contribution in [0.1, 0.15) is 31.7 Å². The minimum absolute atomic E-state index is 0.615. The Morgan fingerprint density at radius 2 is 2.19 bits per heavy atom. The van der Waals surface area contributed by atoms with Crippen LogP contribution in [-0.4, -0.2) is 6.54 Å². The van der Waals surface area contributed by atoms with Crippen LogP contribution < -0.4 is 5.32 Å². The van der Waals surface area contributed by atoms with E-state index in [1.807, 2.05) is 6.07 Å². The first-order chi connectivity index (χ1) is 7.65. The van der Waals surface area contributed by atoms with Gasteiger partial charge in [0.25, 0.3) is 0 Å². The molecule has 1 fully saturated rings. The van der Waals surface area contributed by atoms with Gasteiger partial charge in [0.15, 0.2) is 0 Å². The molecule has 0 aromatic heterocycles. The molecule has 1 aliphatic rings. The molecule has 0 aliphatic heterocycles. The fourth-order valence-corrected chi connectivity index (χ4v) is 2.50. The SMILES string of the molecule is CCC1(CNCc2ccc(Cl)c(Br)c2)CC1. The Kier molecular flexibility index (Phi) is 3.93. The van der Waals surface area contributed by atoms with E-state index in [0.29, 0.717) is 5.41 Å². The summed E-state index contributed by atoms with van der Waals surface area (Å²) in [6.45, 7) is 4.36. The summed E-state index contributed by atoms with van der Waals surface area (Å²) in [4.78, 5) is 0. The third-order valence-electron chi connectivity index (χ3n) is 3.52. The van der Waals surface area contributed by atoms with Crippen LogP contribution in [0.15, 0.2) is 22.7 Å². The van der Waals surface area contributed by atoms with Crippen molar-refractivity contribution in [2.45, 2.75) is 32.7 Å². The van der Waals surface area contributed by atoms with Crippen LogP contribution in [0.5, 0.6) is 0 Å². The molecule has 2 rings (SSSR count). The summed E-state index contributed by atoms with van der Waals surface area (Å²) < 4.78 is 0.977. The maximum absolute atomic E-state index is 5.95. The normalized spacial score (nSPS) is 17.4. The van der Waals surface area contributed by atoms with Gasteiger partial charge >= 0.3 is 0 Å². The van der Waals surface area contributed by atoms with Crippen LogP contribution >= 0.6 is 27.5 Å². The first kappa shape index (κ1) is 12.4. The fourth-order valence-electron chi connectivity index (χ4n) is 1.95. The Morgan fingerprint density at radius 3 is 2.75 bits per heavy atom. The van der Waals surface area contributed by atoms with Crippen LogP contribution in [-0.2, 0) is 6.54 Å². The molecule has 1 aromatic rings. The van der Waals surface area contributed by atoms with Crippen LogP contribution in [0.3, 0.4) is 0 Å². The summed E-state index contributed by atoms with van der Waals surface area (Å²) in [6, 6.07) is 6.10. The molecule has 1 N–H and O–H groups in total. The average Bonchev–Trinajstić information content (AvgIpc) is 3.04. The molecular formula is C13H17BrClN. The Morgan fingerprint density at radius 1 is 1.44 bits per heavy atom. The summed E-state index contributed by atoms with van der Waals surface area (Å²) >= 11 is 9.40. The number of hydrogen-bond donors (Lipinski definition) is 1. The van der Waals surface area contributed by atoms with E-state index in [1.54, 1.807) is 0 Å². The largest absolute Gasteiger partial charge is 0.312 e. The van der Waals surface area contributed by atoms with Crippen molar-refractivity contribution in [2.75, 3.05) is 6.54 Å². The van der Waals surface area contributed by atoms with Crippen LogP contribution in [0.2, 0.25) is 5.02 Å². The zero-order valence-electron chi connectivity index (χ0n) is 9.52. The smallest absolute Gasteiger partial charge is 0.0548 e. The molecule has 0 saturated heterocycles. The van der Waals surface area contributed by atoms with Gasteiger partial charge in [-0.25, -0.2) is 0 Å². The van der Waals surface area contributed by atoms with Crippen molar-refractivity contribution >= 4 is 27.5 Å². The van der Waals surface area contributed by atoms with E-state index in [4.69, 9.17) is 11.6 Å². The lowest BCUT2D eigenvalue weighted by atomic mass is 10.0. The summed E-state index contributed by atoms with van der Waals surface area (Å²) in [5.74, 6) is 0. The second-order valence-corrected chi connectivity index (χ2v) is 5.97. The molecule has 0 spiro atoms. The van der Waals surface area contributed by atoms with Gasteiger partial charge in [-0.1, -0.05) is 24.6 Å². The number of rotatable bonds is 5. The zero-order valence-corrected chi connectivity index (χ0v) is 11.9. The average molecular weight is 303 g/mol. The highest BCUT2D eigenvalue weighted by Crippen LogP contribution is 2.47. The van der Waals surface area contributed by atoms with Crippen molar-refractivity contribution in [3.8, 4) is 0 Å². The minimum atomic E-state index is 0.615. The molecule has 0 unspecified atom stereocenters. The van der Waals surface area contributed by atoms with E-state index in [2.05, 4.69) is 40.3 Å². The van der Waals surface area contributed by atoms with Crippen molar-refractivity contribution in [3.05, 3.63) is 33.3 Å². The molecule has 0 bridgehead atoms. The van der Waals surface area contributed by atoms with Gasteiger partial charge in [-0.05, 0) is 58.3 Å². The topological polar surface area (TPSA) is 12.0 Å². The summed E-state index contributed by atoms with van der Waals surface area (Å²) in [6.07, 6.45) is 4.08. The van der Waals surface area contributed by atoms with Gasteiger partial charge in [-0.3, -0.25) is 0 Å². The molecule has 0 heterocycles. The number of nitrogens with one attached hydrogen (secondary N) is 1. The highest BCUT2D eigenvalue weighted by Gasteiger charge is 2.39. The molecule has 0 atom stereocenters. The lowest BCUT2D eigenvalue weighted by molar-refractivity contribution is 0.443. The van der Waals surface area contributed by atoms with E-state index < -0.39 is 0 Å². The fraction of sp³-hybridized carbons (Fsp3) is 0.538. The maximum Gasteiger partial charge on any atom is 0.0548 e. The monoisotopic (exact) mass is 301 g/mol. The molecular weight excluding hydrogens is 286 g/mol. The van der Waals surface area contributed by atoms with Crippen molar-refractivity contribution in [2.24, 2.45) is 5.41 Å². The predicted molar refractivity (Wildman–Crippen MR) is 72.8 cm³/mol. The summed E-state index contributed by atoms with van der Waals surface area (Å²) in [7, 11) is 0. The quantitative estimate of drug-likeness (QED) is 0.851. The van der Waals surface area contributed by atoms with Gasteiger partial charge in [-0.15, -0.1) is 0 Å². The molecule has 16 heavy (non-hydrogen) atoms. The molecule has 88 valence electrons. The summed E-state index contributed by atoms with van der Waals surface area (Å²) in [5.41, 5.74) is 1.90. The highest BCUT2D eigenvalue weighted by molar-refractivity contribution is 9.10. The van der Waals surface area contributed by atoms with Gasteiger partial charge < -0.3 is 5.32 Å². The maximum atomic E-state index is 5.95. The number of halogens is 2. The Labute approximate surface area is 111 Å². The van der Waals surface area contributed by atoms with Crippen molar-refractivity contribution in [3.63, 3.8) is 0 Å². The Bertz CT molecular complexity index is 374. The number of benzene rings is 1. The molecule has 1 aliphatic carbocycles. The van der Waals surface area contributed by atoms with Gasteiger partial charge in [-0.2, -0.15) is 0 Å². The lowest BCUT2D eigenvalue weighted by Crippen LogP contribution is -2.23. The van der Waals surface area contributed by atoms with Crippen molar-refractivity contribution in [1.82, 2.24) is 5.32 Å².